The van der Waals surface area contributed by atoms with Crippen molar-refractivity contribution in [1.82, 2.24) is 0 Å². The molecule has 0 amide bonds. The molecule has 0 spiro atoms. The van der Waals surface area contributed by atoms with Gasteiger partial charge in [0, 0.05) is 13.0 Å². The van der Waals surface area contributed by atoms with E-state index in [1.165, 1.54) is 7.11 Å². The van der Waals surface area contributed by atoms with Gasteiger partial charge in [-0.3, -0.25) is 9.59 Å². The van der Waals surface area contributed by atoms with Crippen LogP contribution in [0.2, 0.25) is 0 Å². The SMILES string of the molecule is COC(=O)CC(=O)CCCCCCCC(O)C(O)CCCCCCO. The summed E-state index contributed by atoms with van der Waals surface area (Å²) in [7, 11) is 1.28. The molecule has 0 aromatic heterocycles. The van der Waals surface area contributed by atoms with Gasteiger partial charge in [-0.25, -0.2) is 0 Å². The third-order valence-electron chi connectivity index (χ3n) is 4.38. The molecule has 0 rings (SSSR count). The monoisotopic (exact) mass is 360 g/mol. The van der Waals surface area contributed by atoms with Gasteiger partial charge in [-0.2, -0.15) is 0 Å². The van der Waals surface area contributed by atoms with Crippen LogP contribution in [0.1, 0.15) is 83.5 Å². The summed E-state index contributed by atoms with van der Waals surface area (Å²) in [4.78, 5) is 22.4. The lowest BCUT2D eigenvalue weighted by atomic mass is 10.00. The lowest BCUT2D eigenvalue weighted by molar-refractivity contribution is -0.143. The van der Waals surface area contributed by atoms with Gasteiger partial charge in [0.1, 0.15) is 12.2 Å². The maximum atomic E-state index is 11.4. The van der Waals surface area contributed by atoms with E-state index >= 15 is 0 Å². The van der Waals surface area contributed by atoms with Crippen LogP contribution in [-0.4, -0.2) is 53.0 Å². The molecule has 25 heavy (non-hydrogen) atoms. The summed E-state index contributed by atoms with van der Waals surface area (Å²) in [5.41, 5.74) is 0. The van der Waals surface area contributed by atoms with Gasteiger partial charge in [0.25, 0.3) is 0 Å². The van der Waals surface area contributed by atoms with Crippen LogP contribution in [0.5, 0.6) is 0 Å². The number of aliphatic hydroxyl groups excluding tert-OH is 3. The third-order valence-corrected chi connectivity index (χ3v) is 4.38. The molecule has 0 aromatic carbocycles. The highest BCUT2D eigenvalue weighted by molar-refractivity contribution is 5.95. The summed E-state index contributed by atoms with van der Waals surface area (Å²) >= 11 is 0. The zero-order valence-electron chi connectivity index (χ0n) is 15.6. The Kier molecular flexibility index (Phi) is 15.8. The second kappa shape index (κ2) is 16.5. The molecule has 0 heterocycles. The van der Waals surface area contributed by atoms with Crippen LogP contribution >= 0.6 is 0 Å². The number of ether oxygens (including phenoxy) is 1. The molecule has 2 atom stereocenters. The van der Waals surface area contributed by atoms with Crippen LogP contribution in [0.25, 0.3) is 0 Å². The number of hydrogen-bond acceptors (Lipinski definition) is 6. The van der Waals surface area contributed by atoms with Crippen molar-refractivity contribution in [3.05, 3.63) is 0 Å². The van der Waals surface area contributed by atoms with E-state index in [9.17, 15) is 19.8 Å². The van der Waals surface area contributed by atoms with Crippen molar-refractivity contribution in [2.45, 2.75) is 95.7 Å². The average molecular weight is 360 g/mol. The van der Waals surface area contributed by atoms with Crippen LogP contribution in [0.15, 0.2) is 0 Å². The first-order chi connectivity index (χ1) is 12.0. The quantitative estimate of drug-likeness (QED) is 0.209. The van der Waals surface area contributed by atoms with Crippen molar-refractivity contribution in [2.24, 2.45) is 0 Å². The van der Waals surface area contributed by atoms with Gasteiger partial charge in [0.05, 0.1) is 19.3 Å². The molecule has 6 nitrogen and oxygen atoms in total. The first-order valence-electron chi connectivity index (χ1n) is 9.56. The number of carbonyl (C=O) groups is 2. The molecule has 2 unspecified atom stereocenters. The van der Waals surface area contributed by atoms with E-state index in [1.807, 2.05) is 0 Å². The van der Waals surface area contributed by atoms with Crippen LogP contribution < -0.4 is 0 Å². The fourth-order valence-electron chi connectivity index (χ4n) is 2.73. The minimum absolute atomic E-state index is 0.0793. The second-order valence-electron chi connectivity index (χ2n) is 6.66. The summed E-state index contributed by atoms with van der Waals surface area (Å²) in [5, 5.41) is 28.5. The Morgan fingerprint density at radius 3 is 1.80 bits per heavy atom. The molecule has 0 saturated carbocycles. The summed E-state index contributed by atoms with van der Waals surface area (Å²) in [6, 6.07) is 0. The normalized spacial score (nSPS) is 13.4. The predicted octanol–water partition coefficient (Wildman–Crippen LogP) is 2.51. The standard InChI is InChI=1S/C19H36O6/c1-25-19(24)15-16(21)11-7-3-2-4-8-12-17(22)18(23)13-9-5-6-10-14-20/h17-18,20,22-23H,2-15H2,1H3. The zero-order valence-corrected chi connectivity index (χ0v) is 15.6. The fourth-order valence-corrected chi connectivity index (χ4v) is 2.73. The Morgan fingerprint density at radius 2 is 1.28 bits per heavy atom. The van der Waals surface area contributed by atoms with Gasteiger partial charge in [-0.1, -0.05) is 44.9 Å². The van der Waals surface area contributed by atoms with E-state index in [1.54, 1.807) is 0 Å². The molecule has 0 bridgehead atoms. The molecule has 6 heteroatoms. The Labute approximate surface area is 151 Å². The number of esters is 1. The summed E-state index contributed by atoms with van der Waals surface area (Å²) in [6.07, 6.45) is 8.25. The Hall–Kier alpha value is -0.980. The molecule has 0 radical (unpaired) electrons. The van der Waals surface area contributed by atoms with Crippen LogP contribution in [0.4, 0.5) is 0 Å². The number of hydrogen-bond donors (Lipinski definition) is 3. The van der Waals surface area contributed by atoms with Gasteiger partial charge < -0.3 is 20.1 Å². The van der Waals surface area contributed by atoms with Crippen molar-refractivity contribution in [3.8, 4) is 0 Å². The van der Waals surface area contributed by atoms with Crippen molar-refractivity contribution in [3.63, 3.8) is 0 Å². The number of rotatable bonds is 17. The molecule has 0 aliphatic carbocycles. The van der Waals surface area contributed by atoms with Crippen LogP contribution in [0.3, 0.4) is 0 Å². The fraction of sp³-hybridized carbons (Fsp3) is 0.895. The number of aliphatic hydroxyl groups is 3. The topological polar surface area (TPSA) is 104 Å². The predicted molar refractivity (Wildman–Crippen MR) is 96.1 cm³/mol. The van der Waals surface area contributed by atoms with E-state index in [0.29, 0.717) is 19.3 Å². The third kappa shape index (κ3) is 15.0. The highest BCUT2D eigenvalue weighted by atomic mass is 16.5. The van der Waals surface area contributed by atoms with Crippen molar-refractivity contribution >= 4 is 11.8 Å². The van der Waals surface area contributed by atoms with Gasteiger partial charge in [-0.15, -0.1) is 0 Å². The van der Waals surface area contributed by atoms with Crippen molar-refractivity contribution in [2.75, 3.05) is 13.7 Å². The molecular weight excluding hydrogens is 324 g/mol. The van der Waals surface area contributed by atoms with Crippen LogP contribution in [0, 0.1) is 0 Å². The smallest absolute Gasteiger partial charge is 0.313 e. The maximum absolute atomic E-state index is 11.4. The molecule has 0 fully saturated rings. The van der Waals surface area contributed by atoms with E-state index in [2.05, 4.69) is 4.74 Å². The molecule has 0 aromatic rings. The van der Waals surface area contributed by atoms with Gasteiger partial charge in [0.15, 0.2) is 0 Å². The maximum Gasteiger partial charge on any atom is 0.313 e. The molecule has 0 saturated heterocycles. The molecule has 148 valence electrons. The van der Waals surface area contributed by atoms with Crippen molar-refractivity contribution < 1.29 is 29.6 Å². The number of carbonyl (C=O) groups excluding carboxylic acids is 2. The highest BCUT2D eigenvalue weighted by Gasteiger charge is 2.15. The Morgan fingerprint density at radius 1 is 0.800 bits per heavy atom. The van der Waals surface area contributed by atoms with Crippen LogP contribution in [-0.2, 0) is 14.3 Å². The van der Waals surface area contributed by atoms with Gasteiger partial charge in [0.2, 0.25) is 0 Å². The second-order valence-corrected chi connectivity index (χ2v) is 6.66. The van der Waals surface area contributed by atoms with E-state index < -0.39 is 18.2 Å². The number of Topliss-reactive ketones (excluding diaryl/α,β-unsaturated/α-hetero) is 1. The van der Waals surface area contributed by atoms with E-state index in [0.717, 1.165) is 57.8 Å². The number of ketones is 1. The van der Waals surface area contributed by atoms with Crippen molar-refractivity contribution in [1.29, 1.82) is 0 Å². The minimum atomic E-state index is -0.667. The largest absolute Gasteiger partial charge is 0.469 e. The Balaban J connectivity index is 3.48. The lowest BCUT2D eigenvalue weighted by Crippen LogP contribution is -2.25. The molecule has 0 aliphatic rings. The van der Waals surface area contributed by atoms with E-state index in [-0.39, 0.29) is 18.8 Å². The summed E-state index contributed by atoms with van der Waals surface area (Å²) < 4.78 is 4.45. The van der Waals surface area contributed by atoms with Gasteiger partial charge >= 0.3 is 5.97 Å². The number of methoxy groups -OCH3 is 1. The van der Waals surface area contributed by atoms with Gasteiger partial charge in [-0.05, 0) is 25.7 Å². The lowest BCUT2D eigenvalue weighted by Gasteiger charge is -2.17. The first-order valence-corrected chi connectivity index (χ1v) is 9.56. The summed E-state index contributed by atoms with van der Waals surface area (Å²) in [5.74, 6) is -0.560. The average Bonchev–Trinajstić information content (AvgIpc) is 2.60. The van der Waals surface area contributed by atoms with E-state index in [4.69, 9.17) is 5.11 Å². The molecular formula is C19H36O6. The number of unbranched alkanes of at least 4 members (excludes halogenated alkanes) is 7. The highest BCUT2D eigenvalue weighted by Crippen LogP contribution is 2.14. The minimum Gasteiger partial charge on any atom is -0.469 e. The zero-order chi connectivity index (χ0) is 18.9. The molecule has 0 aliphatic heterocycles. The summed E-state index contributed by atoms with van der Waals surface area (Å²) in [6.45, 7) is 0.213. The molecule has 3 N–H and O–H groups in total. The Bertz CT molecular complexity index is 345. The first kappa shape index (κ1) is 24.0.